The standard InChI is InChI=1S/C16H27NO/c1-3-4-5-6-7-8-13-17-16-11-9-15(10-12-16)14(2)18/h9-12,14,17-18H,3-8,13H2,1-2H3. The Kier molecular flexibility index (Phi) is 7.51. The Bertz CT molecular complexity index is 305. The van der Waals surface area contributed by atoms with Crippen molar-refractivity contribution in [1.29, 1.82) is 0 Å². The van der Waals surface area contributed by atoms with Gasteiger partial charge in [0, 0.05) is 12.2 Å². The van der Waals surface area contributed by atoms with E-state index in [0.717, 1.165) is 17.8 Å². The van der Waals surface area contributed by atoms with Crippen LogP contribution in [-0.2, 0) is 0 Å². The van der Waals surface area contributed by atoms with Gasteiger partial charge in [0.05, 0.1) is 6.10 Å². The SMILES string of the molecule is CCCCCCCCNc1ccc(C(C)O)cc1. The van der Waals surface area contributed by atoms with E-state index in [1.807, 2.05) is 24.3 Å². The summed E-state index contributed by atoms with van der Waals surface area (Å²) in [4.78, 5) is 0. The molecule has 0 saturated heterocycles. The Morgan fingerprint density at radius 1 is 1.00 bits per heavy atom. The van der Waals surface area contributed by atoms with Crippen molar-refractivity contribution >= 4 is 5.69 Å². The van der Waals surface area contributed by atoms with E-state index in [1.54, 1.807) is 6.92 Å². The lowest BCUT2D eigenvalue weighted by Crippen LogP contribution is -2.01. The first-order valence-electron chi connectivity index (χ1n) is 7.26. The van der Waals surface area contributed by atoms with E-state index >= 15 is 0 Å². The van der Waals surface area contributed by atoms with Crippen LogP contribution in [0.4, 0.5) is 5.69 Å². The minimum Gasteiger partial charge on any atom is -0.389 e. The van der Waals surface area contributed by atoms with Gasteiger partial charge in [-0.25, -0.2) is 0 Å². The Morgan fingerprint density at radius 3 is 2.22 bits per heavy atom. The molecule has 1 aromatic carbocycles. The van der Waals surface area contributed by atoms with Crippen LogP contribution in [0.1, 0.15) is 64.0 Å². The van der Waals surface area contributed by atoms with Crippen molar-refractivity contribution < 1.29 is 5.11 Å². The Hall–Kier alpha value is -1.02. The largest absolute Gasteiger partial charge is 0.389 e. The molecular formula is C16H27NO. The number of unbranched alkanes of at least 4 members (excludes halogenated alkanes) is 5. The molecule has 2 heteroatoms. The highest BCUT2D eigenvalue weighted by molar-refractivity contribution is 5.44. The number of aliphatic hydroxyl groups excluding tert-OH is 1. The molecule has 102 valence electrons. The van der Waals surface area contributed by atoms with Crippen LogP contribution in [0.25, 0.3) is 0 Å². The molecule has 0 aromatic heterocycles. The summed E-state index contributed by atoms with van der Waals surface area (Å²) in [5, 5.41) is 12.8. The summed E-state index contributed by atoms with van der Waals surface area (Å²) in [6.07, 6.45) is 7.59. The van der Waals surface area contributed by atoms with E-state index in [1.165, 1.54) is 38.5 Å². The van der Waals surface area contributed by atoms with E-state index in [9.17, 15) is 5.11 Å². The molecule has 1 aromatic rings. The Balaban J connectivity index is 2.12. The maximum absolute atomic E-state index is 9.41. The van der Waals surface area contributed by atoms with Gasteiger partial charge in [0.15, 0.2) is 0 Å². The number of aliphatic hydroxyl groups is 1. The van der Waals surface area contributed by atoms with Gasteiger partial charge in [0.1, 0.15) is 0 Å². The lowest BCUT2D eigenvalue weighted by Gasteiger charge is -2.08. The Morgan fingerprint density at radius 2 is 1.61 bits per heavy atom. The average molecular weight is 249 g/mol. The van der Waals surface area contributed by atoms with Gasteiger partial charge < -0.3 is 10.4 Å². The highest BCUT2D eigenvalue weighted by atomic mass is 16.3. The summed E-state index contributed by atoms with van der Waals surface area (Å²) >= 11 is 0. The average Bonchev–Trinajstić information content (AvgIpc) is 2.38. The van der Waals surface area contributed by atoms with E-state index in [-0.39, 0.29) is 6.10 Å². The number of benzene rings is 1. The molecule has 0 heterocycles. The molecule has 18 heavy (non-hydrogen) atoms. The monoisotopic (exact) mass is 249 g/mol. The molecule has 2 N–H and O–H groups in total. The van der Waals surface area contributed by atoms with E-state index < -0.39 is 0 Å². The molecule has 0 spiro atoms. The van der Waals surface area contributed by atoms with Crippen molar-refractivity contribution in [1.82, 2.24) is 0 Å². The molecule has 0 aliphatic carbocycles. The van der Waals surface area contributed by atoms with Crippen LogP contribution in [0.3, 0.4) is 0 Å². The highest BCUT2D eigenvalue weighted by Gasteiger charge is 1.99. The molecule has 1 unspecified atom stereocenters. The summed E-state index contributed by atoms with van der Waals surface area (Å²) in [5.41, 5.74) is 2.12. The zero-order valence-electron chi connectivity index (χ0n) is 11.8. The van der Waals surface area contributed by atoms with Crippen molar-refractivity contribution in [3.05, 3.63) is 29.8 Å². The molecule has 0 aliphatic heterocycles. The molecular weight excluding hydrogens is 222 g/mol. The second-order valence-corrected chi connectivity index (χ2v) is 4.99. The summed E-state index contributed by atoms with van der Waals surface area (Å²) in [6.45, 7) is 5.08. The van der Waals surface area contributed by atoms with E-state index in [4.69, 9.17) is 0 Å². The minimum atomic E-state index is -0.377. The van der Waals surface area contributed by atoms with Gasteiger partial charge in [0.25, 0.3) is 0 Å². The summed E-state index contributed by atoms with van der Waals surface area (Å²) in [7, 11) is 0. The fourth-order valence-electron chi connectivity index (χ4n) is 2.02. The van der Waals surface area contributed by atoms with Crippen molar-refractivity contribution in [2.45, 2.75) is 58.5 Å². The van der Waals surface area contributed by atoms with Gasteiger partial charge in [-0.1, -0.05) is 51.2 Å². The van der Waals surface area contributed by atoms with Crippen molar-refractivity contribution in [3.63, 3.8) is 0 Å². The Labute approximate surface area is 111 Å². The molecule has 0 amide bonds. The third kappa shape index (κ3) is 6.06. The van der Waals surface area contributed by atoms with Crippen LogP contribution < -0.4 is 5.32 Å². The van der Waals surface area contributed by atoms with E-state index in [2.05, 4.69) is 12.2 Å². The zero-order valence-corrected chi connectivity index (χ0v) is 11.8. The quantitative estimate of drug-likeness (QED) is 0.631. The second kappa shape index (κ2) is 8.98. The summed E-state index contributed by atoms with van der Waals surface area (Å²) < 4.78 is 0. The van der Waals surface area contributed by atoms with Crippen LogP contribution in [0.5, 0.6) is 0 Å². The van der Waals surface area contributed by atoms with Crippen molar-refractivity contribution in [3.8, 4) is 0 Å². The third-order valence-electron chi connectivity index (χ3n) is 3.25. The smallest absolute Gasteiger partial charge is 0.0761 e. The van der Waals surface area contributed by atoms with Crippen LogP contribution in [-0.4, -0.2) is 11.7 Å². The highest BCUT2D eigenvalue weighted by Crippen LogP contribution is 2.15. The summed E-state index contributed by atoms with van der Waals surface area (Å²) in [5.74, 6) is 0. The maximum atomic E-state index is 9.41. The molecule has 0 saturated carbocycles. The van der Waals surface area contributed by atoms with Crippen molar-refractivity contribution in [2.75, 3.05) is 11.9 Å². The number of hydrogen-bond acceptors (Lipinski definition) is 2. The van der Waals surface area contributed by atoms with Gasteiger partial charge in [0.2, 0.25) is 0 Å². The van der Waals surface area contributed by atoms with Gasteiger partial charge in [-0.15, -0.1) is 0 Å². The second-order valence-electron chi connectivity index (χ2n) is 4.99. The minimum absolute atomic E-state index is 0.377. The maximum Gasteiger partial charge on any atom is 0.0761 e. The number of rotatable bonds is 9. The third-order valence-corrected chi connectivity index (χ3v) is 3.25. The molecule has 0 radical (unpaired) electrons. The molecule has 1 atom stereocenters. The van der Waals surface area contributed by atoms with Crippen molar-refractivity contribution in [2.24, 2.45) is 0 Å². The lowest BCUT2D eigenvalue weighted by atomic mass is 10.1. The topological polar surface area (TPSA) is 32.3 Å². The van der Waals surface area contributed by atoms with Gasteiger partial charge in [-0.2, -0.15) is 0 Å². The van der Waals surface area contributed by atoms with Gasteiger partial charge in [-0.3, -0.25) is 0 Å². The predicted molar refractivity (Wildman–Crippen MR) is 78.9 cm³/mol. The van der Waals surface area contributed by atoms with Crippen LogP contribution in [0.15, 0.2) is 24.3 Å². The first-order chi connectivity index (χ1) is 8.74. The van der Waals surface area contributed by atoms with Crippen LogP contribution in [0, 0.1) is 0 Å². The fourth-order valence-corrected chi connectivity index (χ4v) is 2.02. The molecule has 1 rings (SSSR count). The molecule has 0 aliphatic rings. The molecule has 0 fully saturated rings. The van der Waals surface area contributed by atoms with Crippen LogP contribution >= 0.6 is 0 Å². The predicted octanol–water partition coefficient (Wildman–Crippen LogP) is 4.51. The first-order valence-corrected chi connectivity index (χ1v) is 7.26. The number of hydrogen-bond donors (Lipinski definition) is 2. The normalized spacial score (nSPS) is 12.4. The van der Waals surface area contributed by atoms with Gasteiger partial charge >= 0.3 is 0 Å². The number of anilines is 1. The number of nitrogens with one attached hydrogen (secondary N) is 1. The van der Waals surface area contributed by atoms with Crippen LogP contribution in [0.2, 0.25) is 0 Å². The van der Waals surface area contributed by atoms with Gasteiger partial charge in [-0.05, 0) is 31.0 Å². The summed E-state index contributed by atoms with van der Waals surface area (Å²) in [6, 6.07) is 8.04. The zero-order chi connectivity index (χ0) is 13.2. The molecule has 0 bridgehead atoms. The van der Waals surface area contributed by atoms with E-state index in [0.29, 0.717) is 0 Å². The fraction of sp³-hybridized carbons (Fsp3) is 0.625. The first kappa shape index (κ1) is 15.0. The lowest BCUT2D eigenvalue weighted by molar-refractivity contribution is 0.199. The molecule has 2 nitrogen and oxygen atoms in total.